The van der Waals surface area contributed by atoms with Crippen molar-refractivity contribution in [2.24, 2.45) is 0 Å². The van der Waals surface area contributed by atoms with Crippen LogP contribution in [0, 0.1) is 13.8 Å². The molecule has 0 fully saturated rings. The van der Waals surface area contributed by atoms with Crippen molar-refractivity contribution in [3.63, 3.8) is 0 Å². The summed E-state index contributed by atoms with van der Waals surface area (Å²) in [5.74, 6) is 0.194. The van der Waals surface area contributed by atoms with E-state index in [9.17, 15) is 4.79 Å². The number of hydrogen-bond acceptors (Lipinski definition) is 4. The number of methoxy groups -OCH3 is 1. The average molecular weight is 297 g/mol. The van der Waals surface area contributed by atoms with Gasteiger partial charge >= 0.3 is 0 Å². The molecule has 0 unspecified atom stereocenters. The highest BCUT2D eigenvalue weighted by Crippen LogP contribution is 2.26. The summed E-state index contributed by atoms with van der Waals surface area (Å²) >= 11 is 7.34. The summed E-state index contributed by atoms with van der Waals surface area (Å²) in [7, 11) is 1.51. The molecule has 0 atom stereocenters. The topological polar surface area (TPSA) is 51.2 Å². The Bertz CT molecular complexity index is 606. The van der Waals surface area contributed by atoms with Crippen LogP contribution >= 0.6 is 22.9 Å². The smallest absolute Gasteiger partial charge is 0.261 e. The van der Waals surface area contributed by atoms with Gasteiger partial charge in [0.1, 0.15) is 5.75 Å². The third-order valence-electron chi connectivity index (χ3n) is 2.66. The molecule has 0 spiro atoms. The highest BCUT2D eigenvalue weighted by molar-refractivity contribution is 7.15. The Morgan fingerprint density at radius 1 is 1.42 bits per heavy atom. The van der Waals surface area contributed by atoms with Crippen LogP contribution in [0.2, 0.25) is 5.02 Å². The van der Waals surface area contributed by atoms with E-state index in [2.05, 4.69) is 10.3 Å². The summed E-state index contributed by atoms with van der Waals surface area (Å²) in [6, 6.07) is 4.91. The summed E-state index contributed by atoms with van der Waals surface area (Å²) in [6.07, 6.45) is 0. The van der Waals surface area contributed by atoms with Gasteiger partial charge in [0.15, 0.2) is 5.13 Å². The van der Waals surface area contributed by atoms with Crippen LogP contribution in [0.15, 0.2) is 18.2 Å². The number of amides is 1. The maximum Gasteiger partial charge on any atom is 0.261 e. The first-order valence-electron chi connectivity index (χ1n) is 5.60. The maximum atomic E-state index is 12.2. The Morgan fingerprint density at radius 3 is 2.74 bits per heavy atom. The fraction of sp³-hybridized carbons (Fsp3) is 0.231. The Balaban J connectivity index is 2.27. The van der Waals surface area contributed by atoms with Gasteiger partial charge in [0.25, 0.3) is 5.91 Å². The highest BCUT2D eigenvalue weighted by Gasteiger charge is 2.15. The van der Waals surface area contributed by atoms with E-state index < -0.39 is 0 Å². The van der Waals surface area contributed by atoms with E-state index >= 15 is 0 Å². The van der Waals surface area contributed by atoms with Gasteiger partial charge in [0.05, 0.1) is 18.4 Å². The zero-order valence-corrected chi connectivity index (χ0v) is 12.4. The minimum absolute atomic E-state index is 0.284. The van der Waals surface area contributed by atoms with E-state index in [0.717, 1.165) is 10.6 Å². The van der Waals surface area contributed by atoms with Crippen molar-refractivity contribution >= 4 is 34.0 Å². The standard InChI is InChI=1S/C13H13ClN2O2S/c1-7-8(2)19-13(15-7)16-12(17)10-6-9(14)4-5-11(10)18-3/h4-6H,1-3H3,(H,15,16,17). The molecular formula is C13H13ClN2O2S. The first-order valence-corrected chi connectivity index (χ1v) is 6.79. The van der Waals surface area contributed by atoms with Crippen LogP contribution in [-0.2, 0) is 0 Å². The predicted octanol–water partition coefficient (Wildman–Crippen LogP) is 3.67. The van der Waals surface area contributed by atoms with Gasteiger partial charge in [-0.2, -0.15) is 0 Å². The third kappa shape index (κ3) is 3.05. The SMILES string of the molecule is COc1ccc(Cl)cc1C(=O)Nc1nc(C)c(C)s1. The number of hydrogen-bond donors (Lipinski definition) is 1. The van der Waals surface area contributed by atoms with Gasteiger partial charge in [-0.1, -0.05) is 11.6 Å². The molecule has 1 aromatic heterocycles. The van der Waals surface area contributed by atoms with E-state index in [4.69, 9.17) is 16.3 Å². The Hall–Kier alpha value is -1.59. The third-order valence-corrected chi connectivity index (χ3v) is 3.88. The minimum atomic E-state index is -0.284. The molecule has 0 aliphatic rings. The normalized spacial score (nSPS) is 10.3. The van der Waals surface area contributed by atoms with E-state index in [0.29, 0.717) is 21.5 Å². The number of nitrogens with one attached hydrogen (secondary N) is 1. The van der Waals surface area contributed by atoms with Crippen LogP contribution in [-0.4, -0.2) is 18.0 Å². The maximum absolute atomic E-state index is 12.2. The number of rotatable bonds is 3. The number of carbonyl (C=O) groups is 1. The number of thiazole rings is 1. The Kier molecular flexibility index (Phi) is 4.07. The molecule has 6 heteroatoms. The molecular weight excluding hydrogens is 284 g/mol. The summed E-state index contributed by atoms with van der Waals surface area (Å²) in [6.45, 7) is 3.87. The molecule has 0 aliphatic carbocycles. The van der Waals surface area contributed by atoms with Gasteiger partial charge in [0, 0.05) is 9.90 Å². The molecule has 0 aliphatic heterocycles. The number of aromatic nitrogens is 1. The lowest BCUT2D eigenvalue weighted by Crippen LogP contribution is -2.13. The van der Waals surface area contributed by atoms with Crippen LogP contribution in [0.25, 0.3) is 0 Å². The second kappa shape index (κ2) is 5.59. The molecule has 0 bridgehead atoms. The summed E-state index contributed by atoms with van der Waals surface area (Å²) in [5, 5.41) is 3.81. The number of carbonyl (C=O) groups excluding carboxylic acids is 1. The number of ether oxygens (including phenoxy) is 1. The fourth-order valence-corrected chi connectivity index (χ4v) is 2.53. The van der Waals surface area contributed by atoms with Crippen molar-refractivity contribution in [1.82, 2.24) is 4.98 Å². The Labute approximate surface area is 120 Å². The van der Waals surface area contributed by atoms with E-state index in [1.807, 2.05) is 13.8 Å². The monoisotopic (exact) mass is 296 g/mol. The van der Waals surface area contributed by atoms with Gasteiger partial charge in [-0.3, -0.25) is 10.1 Å². The summed E-state index contributed by atoms with van der Waals surface area (Å²) < 4.78 is 5.15. The molecule has 100 valence electrons. The summed E-state index contributed by atoms with van der Waals surface area (Å²) in [4.78, 5) is 17.5. The Morgan fingerprint density at radius 2 is 2.16 bits per heavy atom. The van der Waals surface area contributed by atoms with Gasteiger partial charge < -0.3 is 4.74 Å². The largest absolute Gasteiger partial charge is 0.496 e. The van der Waals surface area contributed by atoms with Crippen LogP contribution in [0.5, 0.6) is 5.75 Å². The van der Waals surface area contributed by atoms with Crippen molar-refractivity contribution < 1.29 is 9.53 Å². The minimum Gasteiger partial charge on any atom is -0.496 e. The van der Waals surface area contributed by atoms with E-state index in [1.165, 1.54) is 18.4 Å². The summed E-state index contributed by atoms with van der Waals surface area (Å²) in [5.41, 5.74) is 1.30. The second-order valence-corrected chi connectivity index (χ2v) is 5.60. The van der Waals surface area contributed by atoms with E-state index in [-0.39, 0.29) is 5.91 Å². The van der Waals surface area contributed by atoms with Crippen LogP contribution in [0.3, 0.4) is 0 Å². The molecule has 1 N–H and O–H groups in total. The van der Waals surface area contributed by atoms with Gasteiger partial charge in [0.2, 0.25) is 0 Å². The zero-order chi connectivity index (χ0) is 14.0. The molecule has 0 radical (unpaired) electrons. The predicted molar refractivity (Wildman–Crippen MR) is 77.5 cm³/mol. The average Bonchev–Trinajstić information content (AvgIpc) is 2.68. The van der Waals surface area contributed by atoms with Crippen molar-refractivity contribution in [2.75, 3.05) is 12.4 Å². The van der Waals surface area contributed by atoms with Gasteiger partial charge in [-0.05, 0) is 32.0 Å². The number of anilines is 1. The highest BCUT2D eigenvalue weighted by atomic mass is 35.5. The van der Waals surface area contributed by atoms with Crippen molar-refractivity contribution in [2.45, 2.75) is 13.8 Å². The fourth-order valence-electron chi connectivity index (χ4n) is 1.55. The lowest BCUT2D eigenvalue weighted by Gasteiger charge is -2.08. The molecule has 2 aromatic rings. The van der Waals surface area contributed by atoms with Gasteiger partial charge in [-0.15, -0.1) is 11.3 Å². The first-order chi connectivity index (χ1) is 9.01. The van der Waals surface area contributed by atoms with Crippen LogP contribution in [0.4, 0.5) is 5.13 Å². The number of halogens is 1. The van der Waals surface area contributed by atoms with Crippen LogP contribution in [0.1, 0.15) is 20.9 Å². The molecule has 1 aromatic carbocycles. The van der Waals surface area contributed by atoms with Crippen LogP contribution < -0.4 is 10.1 Å². The van der Waals surface area contributed by atoms with Gasteiger partial charge in [-0.25, -0.2) is 4.98 Å². The quantitative estimate of drug-likeness (QED) is 0.940. The molecule has 0 saturated carbocycles. The molecule has 1 heterocycles. The lowest BCUT2D eigenvalue weighted by molar-refractivity contribution is 0.102. The molecule has 1 amide bonds. The lowest BCUT2D eigenvalue weighted by atomic mass is 10.2. The number of aryl methyl sites for hydroxylation is 2. The number of benzene rings is 1. The van der Waals surface area contributed by atoms with Crippen molar-refractivity contribution in [3.8, 4) is 5.75 Å². The molecule has 19 heavy (non-hydrogen) atoms. The number of nitrogens with zero attached hydrogens (tertiary/aromatic N) is 1. The van der Waals surface area contributed by atoms with E-state index in [1.54, 1.807) is 18.2 Å². The second-order valence-electron chi connectivity index (χ2n) is 3.96. The molecule has 2 rings (SSSR count). The zero-order valence-electron chi connectivity index (χ0n) is 10.8. The molecule has 0 saturated heterocycles. The van der Waals surface area contributed by atoms with Crippen molar-refractivity contribution in [3.05, 3.63) is 39.4 Å². The first kappa shape index (κ1) is 13.8. The molecule has 4 nitrogen and oxygen atoms in total. The van der Waals surface area contributed by atoms with Crippen molar-refractivity contribution in [1.29, 1.82) is 0 Å².